The number of nitrogens with zero attached hydrogens (tertiary/aromatic N) is 4. The summed E-state index contributed by atoms with van der Waals surface area (Å²) in [6.45, 7) is 5.73. The highest BCUT2D eigenvalue weighted by Gasteiger charge is 2.18. The lowest BCUT2D eigenvalue weighted by molar-refractivity contribution is 0.392. The van der Waals surface area contributed by atoms with E-state index in [0.717, 1.165) is 22.3 Å². The van der Waals surface area contributed by atoms with Gasteiger partial charge in [-0.2, -0.15) is 5.10 Å². The molecule has 0 aliphatic heterocycles. The Morgan fingerprint density at radius 1 is 1.25 bits per heavy atom. The van der Waals surface area contributed by atoms with Gasteiger partial charge in [0.15, 0.2) is 5.65 Å². The first-order valence-electron chi connectivity index (χ1n) is 7.50. The number of hydrogen-bond donors (Lipinski definition) is 1. The van der Waals surface area contributed by atoms with E-state index in [1.807, 2.05) is 20.8 Å². The number of aromatic nitrogens is 4. The van der Waals surface area contributed by atoms with Gasteiger partial charge in [0.25, 0.3) is 0 Å². The molecule has 3 heterocycles. The molecule has 24 heavy (non-hydrogen) atoms. The van der Waals surface area contributed by atoms with Crippen molar-refractivity contribution >= 4 is 21.1 Å². The fraction of sp³-hybridized carbons (Fsp3) is 0.400. The fourth-order valence-electron chi connectivity index (χ4n) is 2.69. The summed E-state index contributed by atoms with van der Waals surface area (Å²) in [6.07, 6.45) is 1.86. The van der Waals surface area contributed by atoms with Crippen LogP contribution in [-0.2, 0) is 23.5 Å². The van der Waals surface area contributed by atoms with Crippen LogP contribution in [0.2, 0.25) is 0 Å². The summed E-state index contributed by atoms with van der Waals surface area (Å²) in [5, 5.41) is 8.84. The lowest BCUT2D eigenvalue weighted by Crippen LogP contribution is -2.26. The highest BCUT2D eigenvalue weighted by molar-refractivity contribution is 7.89. The average molecular weight is 349 g/mol. The summed E-state index contributed by atoms with van der Waals surface area (Å²) in [5.41, 5.74) is 3.10. The predicted molar refractivity (Wildman–Crippen MR) is 88.1 cm³/mol. The second-order valence-electron chi connectivity index (χ2n) is 5.70. The molecule has 8 nitrogen and oxygen atoms in total. The summed E-state index contributed by atoms with van der Waals surface area (Å²) in [5.74, 6) is 0.709. The van der Waals surface area contributed by atoms with E-state index >= 15 is 0 Å². The number of sulfonamides is 1. The van der Waals surface area contributed by atoms with Crippen LogP contribution in [0.4, 0.5) is 0 Å². The Morgan fingerprint density at radius 2 is 2.00 bits per heavy atom. The lowest BCUT2D eigenvalue weighted by atomic mass is 10.1. The number of nitrogens with one attached hydrogen (secondary N) is 1. The molecule has 0 aromatic carbocycles. The molecule has 3 rings (SSSR count). The van der Waals surface area contributed by atoms with Crippen LogP contribution in [0.25, 0.3) is 11.0 Å². The zero-order valence-corrected chi connectivity index (χ0v) is 14.8. The highest BCUT2D eigenvalue weighted by Crippen LogP contribution is 2.19. The standard InChI is InChI=1S/C15H19N5O3S/c1-9-14-7-12(8-16-15(14)20(4)18-9)24(21,22)17-6-5-13-10(2)19-23-11(13)3/h7-8,17H,5-6H2,1-4H3. The van der Waals surface area contributed by atoms with E-state index in [2.05, 4.69) is 20.0 Å². The van der Waals surface area contributed by atoms with Crippen molar-refractivity contribution in [3.8, 4) is 0 Å². The van der Waals surface area contributed by atoms with E-state index in [0.29, 0.717) is 17.8 Å². The number of pyridine rings is 1. The largest absolute Gasteiger partial charge is 0.361 e. The quantitative estimate of drug-likeness (QED) is 0.747. The summed E-state index contributed by atoms with van der Waals surface area (Å²) >= 11 is 0. The molecule has 9 heteroatoms. The van der Waals surface area contributed by atoms with Gasteiger partial charge < -0.3 is 4.52 Å². The van der Waals surface area contributed by atoms with E-state index < -0.39 is 10.0 Å². The van der Waals surface area contributed by atoms with Crippen molar-refractivity contribution in [1.29, 1.82) is 0 Å². The van der Waals surface area contributed by atoms with Crippen molar-refractivity contribution in [2.75, 3.05) is 6.54 Å². The summed E-state index contributed by atoms with van der Waals surface area (Å²) in [4.78, 5) is 4.34. The Morgan fingerprint density at radius 3 is 2.67 bits per heavy atom. The summed E-state index contributed by atoms with van der Waals surface area (Å²) in [7, 11) is -1.86. The number of rotatable bonds is 5. The molecule has 0 atom stereocenters. The summed E-state index contributed by atoms with van der Waals surface area (Å²) < 4.78 is 34.3. The summed E-state index contributed by atoms with van der Waals surface area (Å²) in [6, 6.07) is 1.60. The number of aryl methyl sites for hydroxylation is 4. The molecule has 3 aromatic rings. The van der Waals surface area contributed by atoms with Crippen molar-refractivity contribution in [3.05, 3.63) is 35.0 Å². The van der Waals surface area contributed by atoms with Gasteiger partial charge in [-0.05, 0) is 33.3 Å². The molecular weight excluding hydrogens is 330 g/mol. The van der Waals surface area contributed by atoms with Crippen LogP contribution in [0.3, 0.4) is 0 Å². The predicted octanol–water partition coefficient (Wildman–Crippen LogP) is 1.40. The van der Waals surface area contributed by atoms with Crippen molar-refractivity contribution in [2.45, 2.75) is 32.1 Å². The minimum absolute atomic E-state index is 0.130. The zero-order valence-electron chi connectivity index (χ0n) is 14.0. The van der Waals surface area contributed by atoms with Gasteiger partial charge in [0.2, 0.25) is 10.0 Å². The smallest absolute Gasteiger partial charge is 0.242 e. The number of hydrogen-bond acceptors (Lipinski definition) is 6. The third-order valence-corrected chi connectivity index (χ3v) is 5.42. The molecule has 0 amide bonds. The van der Waals surface area contributed by atoms with E-state index in [1.54, 1.807) is 17.8 Å². The van der Waals surface area contributed by atoms with Crippen LogP contribution >= 0.6 is 0 Å². The van der Waals surface area contributed by atoms with Gasteiger partial charge in [0.05, 0.1) is 11.4 Å². The van der Waals surface area contributed by atoms with Gasteiger partial charge in [-0.15, -0.1) is 0 Å². The maximum Gasteiger partial charge on any atom is 0.242 e. The molecule has 0 saturated carbocycles. The Hall–Kier alpha value is -2.26. The van der Waals surface area contributed by atoms with E-state index in [4.69, 9.17) is 4.52 Å². The topological polar surface area (TPSA) is 103 Å². The SMILES string of the molecule is Cc1noc(C)c1CCNS(=O)(=O)c1cnc2c(c1)c(C)nn2C. The van der Waals surface area contributed by atoms with Crippen LogP contribution < -0.4 is 4.72 Å². The third kappa shape index (κ3) is 2.92. The monoisotopic (exact) mass is 349 g/mol. The maximum absolute atomic E-state index is 12.5. The Bertz CT molecular complexity index is 984. The minimum Gasteiger partial charge on any atom is -0.361 e. The van der Waals surface area contributed by atoms with E-state index in [-0.39, 0.29) is 11.4 Å². The molecule has 0 saturated heterocycles. The maximum atomic E-state index is 12.5. The molecule has 0 unspecified atom stereocenters. The zero-order chi connectivity index (χ0) is 17.5. The van der Waals surface area contributed by atoms with Crippen molar-refractivity contribution < 1.29 is 12.9 Å². The molecule has 0 spiro atoms. The second kappa shape index (κ2) is 5.99. The van der Waals surface area contributed by atoms with E-state index in [1.165, 1.54) is 6.20 Å². The van der Waals surface area contributed by atoms with Crippen LogP contribution in [-0.4, -0.2) is 34.9 Å². The lowest BCUT2D eigenvalue weighted by Gasteiger charge is -2.07. The molecule has 0 bridgehead atoms. The fourth-order valence-corrected chi connectivity index (χ4v) is 3.69. The van der Waals surface area contributed by atoms with Crippen LogP contribution in [0.15, 0.2) is 21.7 Å². The Labute approximate surface area is 139 Å². The Kier molecular flexibility index (Phi) is 4.14. The first-order valence-corrected chi connectivity index (χ1v) is 8.98. The van der Waals surface area contributed by atoms with Crippen molar-refractivity contribution in [3.63, 3.8) is 0 Å². The molecule has 0 aliphatic carbocycles. The van der Waals surface area contributed by atoms with Gasteiger partial charge in [-0.25, -0.2) is 18.1 Å². The van der Waals surface area contributed by atoms with Gasteiger partial charge in [-0.1, -0.05) is 5.16 Å². The molecule has 3 aromatic heterocycles. The molecular formula is C15H19N5O3S. The van der Waals surface area contributed by atoms with Crippen molar-refractivity contribution in [1.82, 2.24) is 24.6 Å². The molecule has 0 fully saturated rings. The van der Waals surface area contributed by atoms with Gasteiger partial charge in [-0.3, -0.25) is 4.68 Å². The average Bonchev–Trinajstić information content (AvgIpc) is 3.00. The van der Waals surface area contributed by atoms with Crippen LogP contribution in [0, 0.1) is 20.8 Å². The van der Waals surface area contributed by atoms with E-state index in [9.17, 15) is 8.42 Å². The van der Waals surface area contributed by atoms with Crippen molar-refractivity contribution in [2.24, 2.45) is 7.05 Å². The van der Waals surface area contributed by atoms with Crippen LogP contribution in [0.5, 0.6) is 0 Å². The van der Waals surface area contributed by atoms with Gasteiger partial charge >= 0.3 is 0 Å². The molecule has 0 aliphatic rings. The van der Waals surface area contributed by atoms with Gasteiger partial charge in [0.1, 0.15) is 10.7 Å². The first kappa shape index (κ1) is 16.6. The van der Waals surface area contributed by atoms with Gasteiger partial charge in [0, 0.05) is 30.7 Å². The highest BCUT2D eigenvalue weighted by atomic mass is 32.2. The normalized spacial score (nSPS) is 12.2. The third-order valence-electron chi connectivity index (χ3n) is 4.00. The first-order chi connectivity index (χ1) is 11.3. The number of fused-ring (bicyclic) bond motifs is 1. The van der Waals surface area contributed by atoms with Crippen LogP contribution in [0.1, 0.15) is 22.7 Å². The molecule has 0 radical (unpaired) electrons. The Balaban J connectivity index is 1.79. The second-order valence-corrected chi connectivity index (χ2v) is 7.47. The molecule has 128 valence electrons. The minimum atomic E-state index is -3.64. The molecule has 1 N–H and O–H groups in total.